The highest BCUT2D eigenvalue weighted by Gasteiger charge is 2.20. The topological polar surface area (TPSA) is 35.5 Å². The maximum absolute atomic E-state index is 8.78. The van der Waals surface area contributed by atoms with Gasteiger partial charge in [-0.15, -0.1) is 0 Å². The Morgan fingerprint density at radius 2 is 2.33 bits per heavy atom. The average molecular weight is 172 g/mol. The van der Waals surface area contributed by atoms with Crippen LogP contribution in [0, 0.1) is 5.92 Å². The van der Waals surface area contributed by atoms with Crippen molar-refractivity contribution >= 4 is 0 Å². The molecule has 0 aromatic rings. The van der Waals surface area contributed by atoms with Gasteiger partial charge in [0.15, 0.2) is 0 Å². The summed E-state index contributed by atoms with van der Waals surface area (Å²) in [5.41, 5.74) is 0. The first kappa shape index (κ1) is 9.96. The quantitative estimate of drug-likeness (QED) is 0.624. The summed E-state index contributed by atoms with van der Waals surface area (Å²) in [4.78, 5) is 2.32. The first-order chi connectivity index (χ1) is 5.74. The zero-order valence-electron chi connectivity index (χ0n) is 8.08. The molecule has 0 aromatic carbocycles. The number of piperazine rings is 1. The summed E-state index contributed by atoms with van der Waals surface area (Å²) in [5.74, 6) is 0.687. The van der Waals surface area contributed by atoms with E-state index in [1.807, 2.05) is 0 Å². The molecular weight excluding hydrogens is 152 g/mol. The lowest BCUT2D eigenvalue weighted by molar-refractivity contribution is 0.142. The molecule has 0 amide bonds. The Morgan fingerprint density at radius 1 is 1.58 bits per heavy atom. The van der Waals surface area contributed by atoms with E-state index in [2.05, 4.69) is 24.1 Å². The van der Waals surface area contributed by atoms with Gasteiger partial charge in [-0.1, -0.05) is 13.8 Å². The molecule has 3 heteroatoms. The van der Waals surface area contributed by atoms with Crippen LogP contribution in [0.2, 0.25) is 0 Å². The van der Waals surface area contributed by atoms with Crippen LogP contribution < -0.4 is 5.32 Å². The van der Waals surface area contributed by atoms with Gasteiger partial charge in [0.1, 0.15) is 0 Å². The number of nitrogens with one attached hydrogen (secondary N) is 1. The van der Waals surface area contributed by atoms with Gasteiger partial charge in [-0.3, -0.25) is 4.90 Å². The van der Waals surface area contributed by atoms with Crippen molar-refractivity contribution in [2.24, 2.45) is 5.92 Å². The lowest BCUT2D eigenvalue weighted by Crippen LogP contribution is -2.53. The Hall–Kier alpha value is -0.120. The maximum Gasteiger partial charge on any atom is 0.0558 e. The molecule has 1 atom stereocenters. The summed E-state index contributed by atoms with van der Waals surface area (Å²) in [6.45, 7) is 8.79. The molecule has 1 heterocycles. The van der Waals surface area contributed by atoms with Crippen LogP contribution in [0.15, 0.2) is 0 Å². The molecule has 3 nitrogen and oxygen atoms in total. The minimum absolute atomic E-state index is 0.283. The highest BCUT2D eigenvalue weighted by atomic mass is 16.3. The Labute approximate surface area is 74.8 Å². The Balaban J connectivity index is 2.30. The molecular formula is C9H20N2O. The lowest BCUT2D eigenvalue weighted by Gasteiger charge is -2.35. The SMILES string of the molecule is CC(C)C1CN(CCO)CCN1. The summed E-state index contributed by atoms with van der Waals surface area (Å²) >= 11 is 0. The Bertz CT molecular complexity index is 126. The molecule has 0 aliphatic carbocycles. The summed E-state index contributed by atoms with van der Waals surface area (Å²) in [5, 5.41) is 12.3. The van der Waals surface area contributed by atoms with Gasteiger partial charge >= 0.3 is 0 Å². The van der Waals surface area contributed by atoms with Gasteiger partial charge in [-0.05, 0) is 5.92 Å². The molecule has 1 fully saturated rings. The lowest BCUT2D eigenvalue weighted by atomic mass is 10.0. The van der Waals surface area contributed by atoms with E-state index in [1.165, 1.54) is 0 Å². The molecule has 0 saturated carbocycles. The van der Waals surface area contributed by atoms with Gasteiger partial charge in [-0.25, -0.2) is 0 Å². The van der Waals surface area contributed by atoms with E-state index < -0.39 is 0 Å². The number of hydrogen-bond acceptors (Lipinski definition) is 3. The van der Waals surface area contributed by atoms with E-state index >= 15 is 0 Å². The molecule has 0 aromatic heterocycles. The molecule has 1 unspecified atom stereocenters. The van der Waals surface area contributed by atoms with Gasteiger partial charge in [0, 0.05) is 32.2 Å². The van der Waals surface area contributed by atoms with Crippen molar-refractivity contribution in [1.29, 1.82) is 0 Å². The van der Waals surface area contributed by atoms with E-state index in [9.17, 15) is 0 Å². The third-order valence-corrected chi connectivity index (χ3v) is 2.51. The number of hydrogen-bond donors (Lipinski definition) is 2. The molecule has 0 bridgehead atoms. The zero-order chi connectivity index (χ0) is 8.97. The van der Waals surface area contributed by atoms with Crippen LogP contribution in [0.4, 0.5) is 0 Å². The molecule has 0 spiro atoms. The largest absolute Gasteiger partial charge is 0.395 e. The maximum atomic E-state index is 8.78. The van der Waals surface area contributed by atoms with E-state index in [-0.39, 0.29) is 6.61 Å². The molecule has 72 valence electrons. The standard InChI is InChI=1S/C9H20N2O/c1-8(2)9-7-11(5-6-12)4-3-10-9/h8-10,12H,3-7H2,1-2H3. The van der Waals surface area contributed by atoms with Crippen molar-refractivity contribution in [3.05, 3.63) is 0 Å². The van der Waals surface area contributed by atoms with Crippen molar-refractivity contribution in [1.82, 2.24) is 10.2 Å². The molecule has 2 N–H and O–H groups in total. The normalized spacial score (nSPS) is 26.5. The van der Waals surface area contributed by atoms with Crippen LogP contribution in [0.1, 0.15) is 13.8 Å². The minimum atomic E-state index is 0.283. The fourth-order valence-electron chi connectivity index (χ4n) is 1.63. The first-order valence-electron chi connectivity index (χ1n) is 4.80. The van der Waals surface area contributed by atoms with Crippen molar-refractivity contribution < 1.29 is 5.11 Å². The second-order valence-corrected chi connectivity index (χ2v) is 3.83. The highest BCUT2D eigenvalue weighted by molar-refractivity contribution is 4.80. The summed E-state index contributed by atoms with van der Waals surface area (Å²) < 4.78 is 0. The number of aliphatic hydroxyl groups is 1. The van der Waals surface area contributed by atoms with E-state index in [4.69, 9.17) is 5.11 Å². The monoisotopic (exact) mass is 172 g/mol. The van der Waals surface area contributed by atoms with Crippen molar-refractivity contribution in [3.8, 4) is 0 Å². The number of rotatable bonds is 3. The van der Waals surface area contributed by atoms with Crippen LogP contribution in [0.25, 0.3) is 0 Å². The third-order valence-electron chi connectivity index (χ3n) is 2.51. The predicted octanol–water partition coefficient (Wildman–Crippen LogP) is -0.0915. The van der Waals surface area contributed by atoms with E-state index in [0.29, 0.717) is 12.0 Å². The summed E-state index contributed by atoms with van der Waals surface area (Å²) in [6.07, 6.45) is 0. The van der Waals surface area contributed by atoms with Gasteiger partial charge in [0.2, 0.25) is 0 Å². The van der Waals surface area contributed by atoms with Crippen LogP contribution in [-0.4, -0.2) is 48.8 Å². The van der Waals surface area contributed by atoms with Crippen molar-refractivity contribution in [2.75, 3.05) is 32.8 Å². The first-order valence-corrected chi connectivity index (χ1v) is 4.80. The van der Waals surface area contributed by atoms with E-state index in [1.54, 1.807) is 0 Å². The fourth-order valence-corrected chi connectivity index (χ4v) is 1.63. The number of aliphatic hydroxyl groups excluding tert-OH is 1. The van der Waals surface area contributed by atoms with E-state index in [0.717, 1.165) is 26.2 Å². The van der Waals surface area contributed by atoms with Crippen LogP contribution >= 0.6 is 0 Å². The van der Waals surface area contributed by atoms with Crippen molar-refractivity contribution in [2.45, 2.75) is 19.9 Å². The van der Waals surface area contributed by atoms with Crippen LogP contribution in [0.3, 0.4) is 0 Å². The second-order valence-electron chi connectivity index (χ2n) is 3.83. The fraction of sp³-hybridized carbons (Fsp3) is 1.00. The summed E-state index contributed by atoms with van der Waals surface area (Å²) in [7, 11) is 0. The van der Waals surface area contributed by atoms with Gasteiger partial charge in [-0.2, -0.15) is 0 Å². The predicted molar refractivity (Wildman–Crippen MR) is 50.2 cm³/mol. The second kappa shape index (κ2) is 4.80. The third kappa shape index (κ3) is 2.73. The van der Waals surface area contributed by atoms with Crippen molar-refractivity contribution in [3.63, 3.8) is 0 Å². The number of nitrogens with zero attached hydrogens (tertiary/aromatic N) is 1. The highest BCUT2D eigenvalue weighted by Crippen LogP contribution is 2.07. The molecule has 1 saturated heterocycles. The zero-order valence-corrected chi connectivity index (χ0v) is 8.08. The molecule has 1 aliphatic heterocycles. The molecule has 12 heavy (non-hydrogen) atoms. The van der Waals surface area contributed by atoms with Gasteiger partial charge in [0.05, 0.1) is 6.61 Å². The van der Waals surface area contributed by atoms with Crippen LogP contribution in [-0.2, 0) is 0 Å². The van der Waals surface area contributed by atoms with Gasteiger partial charge < -0.3 is 10.4 Å². The summed E-state index contributed by atoms with van der Waals surface area (Å²) in [6, 6.07) is 0.602. The van der Waals surface area contributed by atoms with Gasteiger partial charge in [0.25, 0.3) is 0 Å². The average Bonchev–Trinajstić information content (AvgIpc) is 2.05. The molecule has 1 rings (SSSR count). The Kier molecular flexibility index (Phi) is 3.98. The molecule has 1 aliphatic rings. The number of β-amino-alcohol motifs (C(OH)–C–C–N with tert-alkyl or cyclic N) is 1. The minimum Gasteiger partial charge on any atom is -0.395 e. The smallest absolute Gasteiger partial charge is 0.0558 e. The van der Waals surface area contributed by atoms with Crippen LogP contribution in [0.5, 0.6) is 0 Å². The Morgan fingerprint density at radius 3 is 2.92 bits per heavy atom. The molecule has 0 radical (unpaired) electrons.